The van der Waals surface area contributed by atoms with Gasteiger partial charge in [0.1, 0.15) is 23.6 Å². The van der Waals surface area contributed by atoms with Crippen LogP contribution in [0.3, 0.4) is 0 Å². The molecule has 0 bridgehead atoms. The number of rotatable bonds is 9. The molecule has 2 aromatic carbocycles. The van der Waals surface area contributed by atoms with Gasteiger partial charge in [-0.2, -0.15) is 5.26 Å². The predicted octanol–water partition coefficient (Wildman–Crippen LogP) is 5.95. The van der Waals surface area contributed by atoms with Crippen LogP contribution in [0, 0.1) is 17.1 Å². The summed E-state index contributed by atoms with van der Waals surface area (Å²) in [5, 5.41) is 19.0. The standard InChI is InChI=1S/C32H38F2N6O3S/c1-39(14-15-41)44-38-26-9-7-25(34)31(23(26)18-35)43-22-6-8-27-28(16-22)37-29(19-36-27)21-17-32(42-20-21)10-12-40(13-11-32)30-5-3-2-4-24(30)33/h6-9,16,19,21,24,30,38,41H,2-5,10-15,17,20H2,1H3. The van der Waals surface area contributed by atoms with Crippen LogP contribution in [0.4, 0.5) is 14.5 Å². The number of likely N-dealkylation sites (N-methyl/N-ethyl adjacent to an activating group) is 1. The van der Waals surface area contributed by atoms with E-state index in [1.54, 1.807) is 35.7 Å². The maximum absolute atomic E-state index is 14.9. The first-order valence-corrected chi connectivity index (χ1v) is 16.1. The number of nitrogens with zero attached hydrogens (tertiary/aromatic N) is 5. The summed E-state index contributed by atoms with van der Waals surface area (Å²) in [6.07, 6.45) is 7.45. The number of hydrogen-bond acceptors (Lipinski definition) is 10. The fraction of sp³-hybridized carbons (Fsp3) is 0.531. The number of aliphatic hydroxyl groups is 1. The highest BCUT2D eigenvalue weighted by molar-refractivity contribution is 7.98. The molecule has 1 aromatic heterocycles. The summed E-state index contributed by atoms with van der Waals surface area (Å²) in [6, 6.07) is 9.97. The van der Waals surface area contributed by atoms with Crippen LogP contribution in [0.15, 0.2) is 36.5 Å². The molecule has 12 heteroatoms. The summed E-state index contributed by atoms with van der Waals surface area (Å²) < 4.78 is 46.6. The molecule has 1 saturated carbocycles. The lowest BCUT2D eigenvalue weighted by Crippen LogP contribution is -2.51. The van der Waals surface area contributed by atoms with Gasteiger partial charge in [-0.25, -0.2) is 18.1 Å². The van der Waals surface area contributed by atoms with Crippen LogP contribution in [-0.4, -0.2) is 82.0 Å². The van der Waals surface area contributed by atoms with Crippen molar-refractivity contribution >= 4 is 28.9 Å². The lowest BCUT2D eigenvalue weighted by molar-refractivity contribution is -0.0612. The van der Waals surface area contributed by atoms with Gasteiger partial charge in [0.15, 0.2) is 11.6 Å². The quantitative estimate of drug-likeness (QED) is 0.277. The minimum Gasteiger partial charge on any atom is -0.453 e. The number of likely N-dealkylation sites (tertiary alicyclic amines) is 1. The van der Waals surface area contributed by atoms with Gasteiger partial charge in [-0.3, -0.25) is 9.88 Å². The molecular formula is C32H38F2N6O3S. The Hall–Kier alpha value is -3.08. The number of anilines is 1. The van der Waals surface area contributed by atoms with Crippen molar-refractivity contribution in [1.82, 2.24) is 19.2 Å². The molecule has 1 aliphatic carbocycles. The Morgan fingerprint density at radius 1 is 1.23 bits per heavy atom. The lowest BCUT2D eigenvalue weighted by Gasteiger charge is -2.44. The van der Waals surface area contributed by atoms with Gasteiger partial charge in [0, 0.05) is 56.0 Å². The normalized spacial score (nSPS) is 23.7. The van der Waals surface area contributed by atoms with E-state index in [1.807, 2.05) is 6.07 Å². The molecule has 3 unspecified atom stereocenters. The Balaban J connectivity index is 1.15. The second-order valence-electron chi connectivity index (χ2n) is 12.0. The van der Waals surface area contributed by atoms with Crippen molar-refractivity contribution in [2.75, 3.05) is 44.6 Å². The number of aromatic nitrogens is 2. The largest absolute Gasteiger partial charge is 0.453 e. The molecule has 3 aliphatic rings. The van der Waals surface area contributed by atoms with Crippen molar-refractivity contribution in [2.45, 2.75) is 68.7 Å². The van der Waals surface area contributed by atoms with Gasteiger partial charge in [-0.15, -0.1) is 0 Å². The third kappa shape index (κ3) is 6.62. The summed E-state index contributed by atoms with van der Waals surface area (Å²) >= 11 is 1.18. The smallest absolute Gasteiger partial charge is 0.182 e. The minimum atomic E-state index is -0.719. The van der Waals surface area contributed by atoms with E-state index < -0.39 is 12.0 Å². The predicted molar refractivity (Wildman–Crippen MR) is 166 cm³/mol. The highest BCUT2D eigenvalue weighted by Crippen LogP contribution is 2.44. The van der Waals surface area contributed by atoms with E-state index >= 15 is 0 Å². The first-order valence-electron chi connectivity index (χ1n) is 15.3. The molecule has 0 amide bonds. The average Bonchev–Trinajstić information content (AvgIpc) is 3.45. The van der Waals surface area contributed by atoms with Crippen LogP contribution < -0.4 is 9.46 Å². The molecule has 3 heterocycles. The zero-order valence-electron chi connectivity index (χ0n) is 24.8. The second-order valence-corrected chi connectivity index (χ2v) is 13.0. The fourth-order valence-corrected chi connectivity index (χ4v) is 7.27. The van der Waals surface area contributed by atoms with Crippen LogP contribution >= 0.6 is 12.1 Å². The van der Waals surface area contributed by atoms with Gasteiger partial charge < -0.3 is 19.3 Å². The number of aliphatic hydroxyl groups excluding tert-OH is 1. The Morgan fingerprint density at radius 2 is 2.05 bits per heavy atom. The number of piperidine rings is 1. The van der Waals surface area contributed by atoms with Crippen molar-refractivity contribution in [2.24, 2.45) is 0 Å². The number of hydrogen-bond donors (Lipinski definition) is 2. The minimum absolute atomic E-state index is 0.0175. The Morgan fingerprint density at radius 3 is 2.82 bits per heavy atom. The summed E-state index contributed by atoms with van der Waals surface area (Å²) in [4.78, 5) is 11.9. The molecule has 3 atom stereocenters. The van der Waals surface area contributed by atoms with Crippen molar-refractivity contribution in [3.63, 3.8) is 0 Å². The van der Waals surface area contributed by atoms with E-state index in [-0.39, 0.29) is 35.5 Å². The Labute approximate surface area is 260 Å². The number of benzene rings is 2. The van der Waals surface area contributed by atoms with Gasteiger partial charge >= 0.3 is 0 Å². The molecule has 2 N–H and O–H groups in total. The SMILES string of the molecule is CN(CCO)SNc1ccc(F)c(Oc2ccc3ncc(C4COC5(CCN(C6CCCCC6F)CC5)C4)nc3c2)c1C#N. The molecular weight excluding hydrogens is 586 g/mol. The number of ether oxygens (including phenoxy) is 2. The second kappa shape index (κ2) is 13.5. The van der Waals surface area contributed by atoms with Crippen LogP contribution in [0.2, 0.25) is 0 Å². The number of nitrogens with one attached hydrogen (secondary N) is 1. The Kier molecular flexibility index (Phi) is 9.49. The van der Waals surface area contributed by atoms with E-state index in [2.05, 4.69) is 14.6 Å². The lowest BCUT2D eigenvalue weighted by atomic mass is 9.83. The highest BCUT2D eigenvalue weighted by atomic mass is 32.2. The van der Waals surface area contributed by atoms with Crippen molar-refractivity contribution in [1.29, 1.82) is 5.26 Å². The first-order chi connectivity index (χ1) is 21.4. The topological polar surface area (TPSA) is 107 Å². The summed E-state index contributed by atoms with van der Waals surface area (Å²) in [6.45, 7) is 2.68. The monoisotopic (exact) mass is 624 g/mol. The van der Waals surface area contributed by atoms with Crippen molar-refractivity contribution < 1.29 is 23.4 Å². The maximum atomic E-state index is 14.9. The molecule has 9 nitrogen and oxygen atoms in total. The number of fused-ring (bicyclic) bond motifs is 1. The number of alkyl halides is 1. The van der Waals surface area contributed by atoms with Gasteiger partial charge in [0.05, 0.1) is 41.2 Å². The molecule has 1 spiro atoms. The van der Waals surface area contributed by atoms with E-state index in [0.29, 0.717) is 42.0 Å². The zero-order chi connectivity index (χ0) is 30.7. The number of halogens is 2. The van der Waals surface area contributed by atoms with Crippen LogP contribution in [0.1, 0.15) is 62.1 Å². The number of nitriles is 1. The van der Waals surface area contributed by atoms with Crippen LogP contribution in [0.5, 0.6) is 11.5 Å². The molecule has 234 valence electrons. The maximum Gasteiger partial charge on any atom is 0.182 e. The highest BCUT2D eigenvalue weighted by Gasteiger charge is 2.45. The van der Waals surface area contributed by atoms with Crippen LogP contribution in [-0.2, 0) is 4.74 Å². The average molecular weight is 625 g/mol. The molecule has 3 aromatic rings. The van der Waals surface area contributed by atoms with Crippen LogP contribution in [0.25, 0.3) is 11.0 Å². The van der Waals surface area contributed by atoms with Gasteiger partial charge in [0.25, 0.3) is 0 Å². The Bertz CT molecular complexity index is 1520. The molecule has 0 radical (unpaired) electrons. The molecule has 2 saturated heterocycles. The molecule has 44 heavy (non-hydrogen) atoms. The first kappa shape index (κ1) is 30.9. The summed E-state index contributed by atoms with van der Waals surface area (Å²) in [5.74, 6) is -0.415. The van der Waals surface area contributed by atoms with Crippen molar-refractivity contribution in [3.8, 4) is 17.6 Å². The third-order valence-corrected chi connectivity index (χ3v) is 9.96. The fourth-order valence-electron chi connectivity index (χ4n) is 6.67. The van der Waals surface area contributed by atoms with Gasteiger partial charge in [0.2, 0.25) is 0 Å². The molecule has 6 rings (SSSR count). The van der Waals surface area contributed by atoms with Gasteiger partial charge in [-0.05, 0) is 63.4 Å². The van der Waals surface area contributed by atoms with E-state index in [1.165, 1.54) is 24.3 Å². The van der Waals surface area contributed by atoms with E-state index in [9.17, 15) is 14.0 Å². The summed E-state index contributed by atoms with van der Waals surface area (Å²) in [7, 11) is 1.78. The summed E-state index contributed by atoms with van der Waals surface area (Å²) in [5.41, 5.74) is 2.33. The molecule has 2 aliphatic heterocycles. The molecule has 3 fully saturated rings. The van der Waals surface area contributed by atoms with Gasteiger partial charge in [-0.1, -0.05) is 12.8 Å². The van der Waals surface area contributed by atoms with E-state index in [4.69, 9.17) is 19.6 Å². The zero-order valence-corrected chi connectivity index (χ0v) is 25.7. The third-order valence-electron chi connectivity index (χ3n) is 9.15. The van der Waals surface area contributed by atoms with Crippen molar-refractivity contribution in [3.05, 3.63) is 53.6 Å². The van der Waals surface area contributed by atoms with E-state index in [0.717, 1.165) is 57.3 Å².